The summed E-state index contributed by atoms with van der Waals surface area (Å²) < 4.78 is 0. The Morgan fingerprint density at radius 3 is 1.94 bits per heavy atom. The van der Waals surface area contributed by atoms with E-state index in [0.29, 0.717) is 31.0 Å². The average molecular weight is 438 g/mol. The highest BCUT2D eigenvalue weighted by atomic mass is 35.5. The van der Waals surface area contributed by atoms with Crippen LogP contribution in [0.3, 0.4) is 0 Å². The molecule has 162 valence electrons. The molecule has 1 amide bonds. The van der Waals surface area contributed by atoms with Gasteiger partial charge in [0.1, 0.15) is 17.5 Å². The Balaban J connectivity index is 1.59. The first kappa shape index (κ1) is 21.8. The summed E-state index contributed by atoms with van der Waals surface area (Å²) in [5, 5.41) is 0.690. The molecule has 1 spiro atoms. The van der Waals surface area contributed by atoms with Gasteiger partial charge < -0.3 is 4.90 Å². The van der Waals surface area contributed by atoms with Gasteiger partial charge in [-0.2, -0.15) is 0 Å². The Labute approximate surface area is 188 Å². The van der Waals surface area contributed by atoms with E-state index in [0.717, 1.165) is 40.7 Å². The zero-order valence-corrected chi connectivity index (χ0v) is 19.1. The number of likely N-dealkylation sites (tertiary alicyclic amines) is 1. The number of hydrogen-bond acceptors (Lipinski definition) is 3. The van der Waals surface area contributed by atoms with Crippen molar-refractivity contribution in [3.63, 3.8) is 0 Å². The van der Waals surface area contributed by atoms with Crippen LogP contribution in [0, 0.1) is 19.3 Å². The van der Waals surface area contributed by atoms with Gasteiger partial charge in [0.2, 0.25) is 5.91 Å². The van der Waals surface area contributed by atoms with Gasteiger partial charge in [-0.1, -0.05) is 35.9 Å². The molecule has 0 bridgehead atoms. The summed E-state index contributed by atoms with van der Waals surface area (Å²) in [5.41, 5.74) is 4.64. The van der Waals surface area contributed by atoms with Crippen LogP contribution in [0.5, 0.6) is 0 Å². The SMILES string of the molecule is CC(=O)N1CCC2(CC1)CC(=O)C(c1c(C)cc(-c3ccc(Cl)cc3)cc1C)C(=O)C2. The molecule has 4 nitrogen and oxygen atoms in total. The molecule has 2 fully saturated rings. The largest absolute Gasteiger partial charge is 0.343 e. The Bertz CT molecular complexity index is 1010. The second-order valence-electron chi connectivity index (χ2n) is 9.26. The summed E-state index contributed by atoms with van der Waals surface area (Å²) in [4.78, 5) is 40.0. The molecule has 0 unspecified atom stereocenters. The standard InChI is InChI=1S/C26H28ClNO3/c1-16-12-20(19-4-6-21(27)7-5-19)13-17(2)24(16)25-22(30)14-26(15-23(25)31)8-10-28(11-9-26)18(3)29/h4-7,12-13,25H,8-11,14-15H2,1-3H3. The summed E-state index contributed by atoms with van der Waals surface area (Å²) in [6.45, 7) is 6.81. The smallest absolute Gasteiger partial charge is 0.219 e. The molecule has 0 radical (unpaired) electrons. The highest BCUT2D eigenvalue weighted by Gasteiger charge is 2.47. The quantitative estimate of drug-likeness (QED) is 0.601. The number of carbonyl (C=O) groups excluding carboxylic acids is 3. The number of piperidine rings is 1. The summed E-state index contributed by atoms with van der Waals surface area (Å²) in [6, 6.07) is 11.8. The number of amides is 1. The van der Waals surface area contributed by atoms with Gasteiger partial charge in [-0.15, -0.1) is 0 Å². The number of Topliss-reactive ketones (excluding diaryl/α,β-unsaturated/α-hetero) is 2. The molecule has 0 N–H and O–H groups in total. The minimum atomic E-state index is -0.671. The summed E-state index contributed by atoms with van der Waals surface area (Å²) >= 11 is 6.01. The number of carbonyl (C=O) groups is 3. The maximum Gasteiger partial charge on any atom is 0.219 e. The van der Waals surface area contributed by atoms with Crippen molar-refractivity contribution in [2.45, 2.75) is 52.4 Å². The summed E-state index contributed by atoms with van der Waals surface area (Å²) in [7, 11) is 0. The molecular formula is C26H28ClNO3. The van der Waals surface area contributed by atoms with Gasteiger partial charge in [-0.3, -0.25) is 14.4 Å². The lowest BCUT2D eigenvalue weighted by Crippen LogP contribution is -2.48. The predicted octanol–water partition coefficient (Wildman–Crippen LogP) is 5.27. The topological polar surface area (TPSA) is 54.5 Å². The van der Waals surface area contributed by atoms with Crippen LogP contribution in [0.1, 0.15) is 55.2 Å². The van der Waals surface area contributed by atoms with E-state index in [-0.39, 0.29) is 22.9 Å². The molecule has 0 atom stereocenters. The minimum absolute atomic E-state index is 0.0259. The lowest BCUT2D eigenvalue weighted by Gasteiger charge is -2.44. The number of benzene rings is 2. The van der Waals surface area contributed by atoms with E-state index < -0.39 is 5.92 Å². The fraction of sp³-hybridized carbons (Fsp3) is 0.423. The summed E-state index contributed by atoms with van der Waals surface area (Å²) in [6.07, 6.45) is 2.30. The zero-order valence-electron chi connectivity index (χ0n) is 18.3. The van der Waals surface area contributed by atoms with Crippen molar-refractivity contribution in [1.82, 2.24) is 4.90 Å². The molecule has 0 aromatic heterocycles. The third kappa shape index (κ3) is 4.18. The highest BCUT2D eigenvalue weighted by molar-refractivity contribution is 6.30. The molecule has 2 aliphatic rings. The van der Waals surface area contributed by atoms with Gasteiger partial charge in [0.15, 0.2) is 0 Å². The molecule has 1 aliphatic heterocycles. The van der Waals surface area contributed by atoms with Gasteiger partial charge in [0.25, 0.3) is 0 Å². The van der Waals surface area contributed by atoms with E-state index in [1.807, 2.05) is 43.0 Å². The fourth-order valence-electron chi connectivity index (χ4n) is 5.40. The maximum atomic E-state index is 13.3. The first-order valence-corrected chi connectivity index (χ1v) is 11.2. The third-order valence-corrected chi connectivity index (χ3v) is 7.32. The molecule has 1 heterocycles. The molecule has 4 rings (SSSR count). The molecular weight excluding hydrogens is 410 g/mol. The van der Waals surface area contributed by atoms with Crippen LogP contribution in [0.15, 0.2) is 36.4 Å². The monoisotopic (exact) mass is 437 g/mol. The predicted molar refractivity (Wildman–Crippen MR) is 122 cm³/mol. The number of ketones is 2. The highest BCUT2D eigenvalue weighted by Crippen LogP contribution is 2.47. The van der Waals surface area contributed by atoms with Crippen LogP contribution in [0.4, 0.5) is 0 Å². The van der Waals surface area contributed by atoms with Crippen LogP contribution >= 0.6 is 11.6 Å². The number of nitrogens with zero attached hydrogens (tertiary/aromatic N) is 1. The molecule has 5 heteroatoms. The lowest BCUT2D eigenvalue weighted by molar-refractivity contribution is -0.139. The first-order valence-electron chi connectivity index (χ1n) is 10.9. The average Bonchev–Trinajstić information content (AvgIpc) is 2.70. The maximum absolute atomic E-state index is 13.3. The molecule has 2 aromatic rings. The molecule has 31 heavy (non-hydrogen) atoms. The van der Waals surface area contributed by atoms with E-state index in [2.05, 4.69) is 12.1 Å². The summed E-state index contributed by atoms with van der Waals surface area (Å²) in [5.74, 6) is -0.556. The molecule has 1 saturated carbocycles. The van der Waals surface area contributed by atoms with Crippen LogP contribution < -0.4 is 0 Å². The van der Waals surface area contributed by atoms with Gasteiger partial charge in [0.05, 0.1) is 0 Å². The minimum Gasteiger partial charge on any atom is -0.343 e. The normalized spacial score (nSPS) is 19.2. The van der Waals surface area contributed by atoms with E-state index >= 15 is 0 Å². The van der Waals surface area contributed by atoms with E-state index in [1.54, 1.807) is 6.92 Å². The van der Waals surface area contributed by atoms with Crippen LogP contribution in [-0.2, 0) is 14.4 Å². The molecule has 1 aliphatic carbocycles. The third-order valence-electron chi connectivity index (χ3n) is 7.07. The van der Waals surface area contributed by atoms with Crippen molar-refractivity contribution in [2.24, 2.45) is 5.41 Å². The second-order valence-corrected chi connectivity index (χ2v) is 9.69. The van der Waals surface area contributed by atoms with Gasteiger partial charge in [0, 0.05) is 37.9 Å². The Kier molecular flexibility index (Phi) is 5.78. The van der Waals surface area contributed by atoms with Crippen molar-refractivity contribution in [2.75, 3.05) is 13.1 Å². The molecule has 1 saturated heterocycles. The van der Waals surface area contributed by atoms with Crippen molar-refractivity contribution >= 4 is 29.1 Å². The molecule has 2 aromatic carbocycles. The van der Waals surface area contributed by atoms with Crippen molar-refractivity contribution in [3.05, 3.63) is 58.1 Å². The second kappa shape index (κ2) is 8.23. The fourth-order valence-corrected chi connectivity index (χ4v) is 5.52. The van der Waals surface area contributed by atoms with Gasteiger partial charge >= 0.3 is 0 Å². The van der Waals surface area contributed by atoms with Crippen molar-refractivity contribution < 1.29 is 14.4 Å². The number of hydrogen-bond donors (Lipinski definition) is 0. The van der Waals surface area contributed by atoms with Gasteiger partial charge in [-0.25, -0.2) is 0 Å². The number of halogens is 1. The number of aryl methyl sites for hydroxylation is 2. The zero-order chi connectivity index (χ0) is 22.3. The van der Waals surface area contributed by atoms with E-state index in [4.69, 9.17) is 11.6 Å². The first-order chi connectivity index (χ1) is 14.7. The van der Waals surface area contributed by atoms with Crippen LogP contribution in [0.25, 0.3) is 11.1 Å². The van der Waals surface area contributed by atoms with Crippen molar-refractivity contribution in [3.8, 4) is 11.1 Å². The Morgan fingerprint density at radius 1 is 0.935 bits per heavy atom. The lowest BCUT2D eigenvalue weighted by atomic mass is 9.62. The van der Waals surface area contributed by atoms with Crippen molar-refractivity contribution in [1.29, 1.82) is 0 Å². The van der Waals surface area contributed by atoms with Crippen LogP contribution in [0.2, 0.25) is 5.02 Å². The Hall–Kier alpha value is -2.46. The van der Waals surface area contributed by atoms with Crippen LogP contribution in [-0.4, -0.2) is 35.5 Å². The van der Waals surface area contributed by atoms with Gasteiger partial charge in [-0.05, 0) is 72.1 Å². The number of rotatable bonds is 2. The van der Waals surface area contributed by atoms with E-state index in [1.165, 1.54) is 0 Å². The van der Waals surface area contributed by atoms with E-state index in [9.17, 15) is 14.4 Å². The Morgan fingerprint density at radius 2 is 1.45 bits per heavy atom.